The van der Waals surface area contributed by atoms with Crippen LogP contribution >= 0.6 is 0 Å². The lowest BCUT2D eigenvalue weighted by atomic mass is 9.86. The van der Waals surface area contributed by atoms with Crippen molar-refractivity contribution in [3.05, 3.63) is 0 Å². The third kappa shape index (κ3) is 1.86. The predicted octanol–water partition coefficient (Wildman–Crippen LogP) is 0.686. The van der Waals surface area contributed by atoms with Crippen LogP contribution in [0.25, 0.3) is 0 Å². The van der Waals surface area contributed by atoms with Crippen molar-refractivity contribution in [1.29, 1.82) is 0 Å². The topological polar surface area (TPSA) is 66.5 Å². The molecule has 0 aromatic heterocycles. The fourth-order valence-electron chi connectivity index (χ4n) is 3.88. The number of nitrogens with zero attached hydrogens (tertiary/aromatic N) is 1. The van der Waals surface area contributed by atoms with E-state index in [1.807, 2.05) is 0 Å². The molecule has 104 valence electrons. The first kappa shape index (κ1) is 12.6. The summed E-state index contributed by atoms with van der Waals surface area (Å²) in [6.07, 6.45) is 4.43. The molecule has 0 radical (unpaired) electrons. The maximum absolute atomic E-state index is 12.7. The second-order valence-electron chi connectivity index (χ2n) is 6.64. The number of imide groups is 1. The number of carbonyl (C=O) groups excluding carboxylic acids is 3. The van der Waals surface area contributed by atoms with Crippen molar-refractivity contribution in [2.75, 3.05) is 6.54 Å². The normalized spacial score (nSPS) is 36.5. The number of rotatable bonds is 1. The molecule has 3 unspecified atom stereocenters. The van der Waals surface area contributed by atoms with Crippen LogP contribution in [0.15, 0.2) is 0 Å². The van der Waals surface area contributed by atoms with E-state index >= 15 is 0 Å². The molecule has 3 aliphatic rings. The van der Waals surface area contributed by atoms with Gasteiger partial charge in [-0.3, -0.25) is 19.7 Å². The van der Waals surface area contributed by atoms with Gasteiger partial charge in [0, 0.05) is 5.92 Å². The van der Waals surface area contributed by atoms with Crippen LogP contribution in [0.3, 0.4) is 0 Å². The molecule has 0 aromatic rings. The van der Waals surface area contributed by atoms with Crippen molar-refractivity contribution in [2.45, 2.75) is 45.1 Å². The van der Waals surface area contributed by atoms with Gasteiger partial charge in [-0.25, -0.2) is 0 Å². The van der Waals surface area contributed by atoms with Crippen LogP contribution in [-0.2, 0) is 14.4 Å². The van der Waals surface area contributed by atoms with Gasteiger partial charge in [0.05, 0.1) is 0 Å². The molecule has 2 bridgehead atoms. The van der Waals surface area contributed by atoms with E-state index in [4.69, 9.17) is 0 Å². The lowest BCUT2D eigenvalue weighted by Gasteiger charge is -2.42. The number of fused-ring (bicyclic) bond motifs is 2. The van der Waals surface area contributed by atoms with Crippen molar-refractivity contribution in [1.82, 2.24) is 10.2 Å². The van der Waals surface area contributed by atoms with E-state index in [1.165, 1.54) is 11.3 Å². The Morgan fingerprint density at radius 1 is 1.26 bits per heavy atom. The molecule has 1 N–H and O–H groups in total. The number of carbonyl (C=O) groups is 3. The maximum Gasteiger partial charge on any atom is 0.252 e. The number of hydrogen-bond donors (Lipinski definition) is 1. The van der Waals surface area contributed by atoms with Gasteiger partial charge in [0.1, 0.15) is 12.1 Å². The summed E-state index contributed by atoms with van der Waals surface area (Å²) in [6.45, 7) is 3.42. The van der Waals surface area contributed by atoms with Gasteiger partial charge in [-0.15, -0.1) is 0 Å². The number of hydrogen-bond acceptors (Lipinski definition) is 3. The highest BCUT2D eigenvalue weighted by Crippen LogP contribution is 2.49. The summed E-state index contributed by atoms with van der Waals surface area (Å²) in [4.78, 5) is 37.6. The Hall–Kier alpha value is -1.39. The van der Waals surface area contributed by atoms with Crippen LogP contribution < -0.4 is 5.32 Å². The first-order valence-electron chi connectivity index (χ1n) is 7.05. The molecule has 0 spiro atoms. The first-order valence-corrected chi connectivity index (χ1v) is 7.05. The Kier molecular flexibility index (Phi) is 2.69. The molecule has 2 aliphatic carbocycles. The summed E-state index contributed by atoms with van der Waals surface area (Å²) in [5.74, 6) is 0.419. The molecule has 3 rings (SSSR count). The van der Waals surface area contributed by atoms with E-state index in [1.54, 1.807) is 13.8 Å². The fourth-order valence-corrected chi connectivity index (χ4v) is 3.88. The average molecular weight is 264 g/mol. The molecule has 1 heterocycles. The van der Waals surface area contributed by atoms with E-state index in [0.29, 0.717) is 11.8 Å². The smallest absolute Gasteiger partial charge is 0.252 e. The van der Waals surface area contributed by atoms with Crippen molar-refractivity contribution in [2.24, 2.45) is 17.8 Å². The summed E-state index contributed by atoms with van der Waals surface area (Å²) in [7, 11) is 0. The molecule has 3 fully saturated rings. The SMILES string of the molecule is CC1(C)C(=O)NC(=O)CN1C(=O)C1CC2CCC1C2. The Morgan fingerprint density at radius 2 is 2.00 bits per heavy atom. The quantitative estimate of drug-likeness (QED) is 0.708. The lowest BCUT2D eigenvalue weighted by molar-refractivity contribution is -0.158. The van der Waals surface area contributed by atoms with Crippen molar-refractivity contribution in [3.8, 4) is 0 Å². The maximum atomic E-state index is 12.7. The van der Waals surface area contributed by atoms with Crippen molar-refractivity contribution in [3.63, 3.8) is 0 Å². The lowest BCUT2D eigenvalue weighted by Crippen LogP contribution is -2.66. The van der Waals surface area contributed by atoms with Crippen LogP contribution in [-0.4, -0.2) is 34.7 Å². The van der Waals surface area contributed by atoms with E-state index in [-0.39, 0.29) is 30.2 Å². The number of amides is 3. The van der Waals surface area contributed by atoms with E-state index in [0.717, 1.165) is 19.3 Å². The third-order valence-electron chi connectivity index (χ3n) is 5.11. The zero-order chi connectivity index (χ0) is 13.8. The Morgan fingerprint density at radius 3 is 2.58 bits per heavy atom. The molecular formula is C14H20N2O3. The van der Waals surface area contributed by atoms with Crippen LogP contribution in [0, 0.1) is 17.8 Å². The van der Waals surface area contributed by atoms with Crippen LogP contribution in [0.1, 0.15) is 39.5 Å². The minimum absolute atomic E-state index is 0.000370. The number of nitrogens with one attached hydrogen (secondary N) is 1. The standard InChI is InChI=1S/C14H20N2O3/c1-14(2)13(19)15-11(17)7-16(14)12(18)10-6-8-3-4-9(10)5-8/h8-10H,3-7H2,1-2H3,(H,15,17,19). The fraction of sp³-hybridized carbons (Fsp3) is 0.786. The molecular weight excluding hydrogens is 244 g/mol. The minimum Gasteiger partial charge on any atom is -0.319 e. The molecule has 3 amide bonds. The van der Waals surface area contributed by atoms with Gasteiger partial charge >= 0.3 is 0 Å². The van der Waals surface area contributed by atoms with E-state index in [2.05, 4.69) is 5.32 Å². The highest BCUT2D eigenvalue weighted by Gasteiger charge is 2.50. The van der Waals surface area contributed by atoms with Gasteiger partial charge < -0.3 is 4.90 Å². The third-order valence-corrected chi connectivity index (χ3v) is 5.11. The summed E-state index contributed by atoms with van der Waals surface area (Å²) < 4.78 is 0. The first-order chi connectivity index (χ1) is 8.89. The zero-order valence-electron chi connectivity index (χ0n) is 11.4. The highest BCUT2D eigenvalue weighted by atomic mass is 16.2. The average Bonchev–Trinajstić information content (AvgIpc) is 2.95. The Balaban J connectivity index is 1.82. The highest BCUT2D eigenvalue weighted by molar-refractivity contribution is 6.06. The van der Waals surface area contributed by atoms with Gasteiger partial charge in [-0.2, -0.15) is 0 Å². The molecule has 1 aliphatic heterocycles. The summed E-state index contributed by atoms with van der Waals surface area (Å²) in [5, 5.41) is 2.31. The van der Waals surface area contributed by atoms with Crippen LogP contribution in [0.2, 0.25) is 0 Å². The minimum atomic E-state index is -0.924. The Labute approximate surface area is 112 Å². The van der Waals surface area contributed by atoms with Crippen molar-refractivity contribution < 1.29 is 14.4 Å². The molecule has 0 aromatic carbocycles. The predicted molar refractivity (Wildman–Crippen MR) is 67.9 cm³/mol. The van der Waals surface area contributed by atoms with E-state index in [9.17, 15) is 14.4 Å². The van der Waals surface area contributed by atoms with Crippen LogP contribution in [0.4, 0.5) is 0 Å². The van der Waals surface area contributed by atoms with Crippen LogP contribution in [0.5, 0.6) is 0 Å². The van der Waals surface area contributed by atoms with Crippen molar-refractivity contribution >= 4 is 17.7 Å². The largest absolute Gasteiger partial charge is 0.319 e. The van der Waals surface area contributed by atoms with Gasteiger partial charge in [0.25, 0.3) is 5.91 Å². The summed E-state index contributed by atoms with van der Waals surface area (Å²) in [5.41, 5.74) is -0.924. The van der Waals surface area contributed by atoms with Gasteiger partial charge in [-0.05, 0) is 44.9 Å². The molecule has 3 atom stereocenters. The van der Waals surface area contributed by atoms with Gasteiger partial charge in [0.2, 0.25) is 11.8 Å². The number of piperazine rings is 1. The zero-order valence-corrected chi connectivity index (χ0v) is 11.4. The molecule has 19 heavy (non-hydrogen) atoms. The summed E-state index contributed by atoms with van der Waals surface area (Å²) >= 11 is 0. The second-order valence-corrected chi connectivity index (χ2v) is 6.64. The molecule has 2 saturated carbocycles. The molecule has 1 saturated heterocycles. The van der Waals surface area contributed by atoms with Gasteiger partial charge in [0.15, 0.2) is 0 Å². The second kappa shape index (κ2) is 4.05. The molecule has 5 nitrogen and oxygen atoms in total. The monoisotopic (exact) mass is 264 g/mol. The van der Waals surface area contributed by atoms with E-state index < -0.39 is 5.54 Å². The summed E-state index contributed by atoms with van der Waals surface area (Å²) in [6, 6.07) is 0. The molecule has 5 heteroatoms. The van der Waals surface area contributed by atoms with Gasteiger partial charge in [-0.1, -0.05) is 6.42 Å². The Bertz CT molecular complexity index is 458.